The van der Waals surface area contributed by atoms with Crippen molar-refractivity contribution in [2.75, 3.05) is 29.9 Å². The van der Waals surface area contributed by atoms with Crippen LogP contribution >= 0.6 is 0 Å². The zero-order valence-corrected chi connectivity index (χ0v) is 14.5. The first-order valence-corrected chi connectivity index (χ1v) is 8.20. The molecule has 1 N–H and O–H groups in total. The molecule has 1 aliphatic rings. The van der Waals surface area contributed by atoms with E-state index in [1.165, 1.54) is 18.4 Å². The third-order valence-electron chi connectivity index (χ3n) is 4.09. The van der Waals surface area contributed by atoms with E-state index < -0.39 is 0 Å². The van der Waals surface area contributed by atoms with Crippen LogP contribution in [0.15, 0.2) is 0 Å². The van der Waals surface area contributed by atoms with Gasteiger partial charge in [-0.05, 0) is 32.6 Å². The lowest BCUT2D eigenvalue weighted by atomic mass is 9.95. The average Bonchev–Trinajstić information content (AvgIpc) is 2.40. The average molecular weight is 290 g/mol. The smallest absolute Gasteiger partial charge is 0.138 e. The van der Waals surface area contributed by atoms with Crippen molar-refractivity contribution in [1.82, 2.24) is 9.97 Å². The second kappa shape index (κ2) is 6.20. The summed E-state index contributed by atoms with van der Waals surface area (Å²) in [6.07, 6.45) is 2.58. The molecule has 1 saturated heterocycles. The first-order chi connectivity index (χ1) is 9.82. The number of anilines is 2. The van der Waals surface area contributed by atoms with Gasteiger partial charge in [0.05, 0.1) is 0 Å². The van der Waals surface area contributed by atoms with E-state index in [1.807, 2.05) is 0 Å². The summed E-state index contributed by atoms with van der Waals surface area (Å²) >= 11 is 0. The fourth-order valence-electron chi connectivity index (χ4n) is 2.87. The Morgan fingerprint density at radius 1 is 1.29 bits per heavy atom. The molecule has 1 aromatic rings. The molecule has 4 nitrogen and oxygen atoms in total. The lowest BCUT2D eigenvalue weighted by Gasteiger charge is -2.34. The molecule has 2 rings (SSSR count). The second-order valence-corrected chi connectivity index (χ2v) is 7.32. The summed E-state index contributed by atoms with van der Waals surface area (Å²) in [4.78, 5) is 12.1. The fourth-order valence-corrected chi connectivity index (χ4v) is 2.87. The third kappa shape index (κ3) is 3.66. The SMILES string of the molecule is CCNc1nc(C(C)(C)C)nc(N2CCCC(C)C2)c1C. The first-order valence-electron chi connectivity index (χ1n) is 8.20. The van der Waals surface area contributed by atoms with Gasteiger partial charge in [-0.2, -0.15) is 0 Å². The number of rotatable bonds is 3. The van der Waals surface area contributed by atoms with Gasteiger partial charge in [0.2, 0.25) is 0 Å². The lowest BCUT2D eigenvalue weighted by Crippen LogP contribution is -2.36. The van der Waals surface area contributed by atoms with Crippen LogP contribution in [0.4, 0.5) is 11.6 Å². The molecule has 0 aromatic carbocycles. The highest BCUT2D eigenvalue weighted by atomic mass is 15.2. The van der Waals surface area contributed by atoms with Crippen LogP contribution in [-0.2, 0) is 5.41 Å². The van der Waals surface area contributed by atoms with Crippen molar-refractivity contribution in [3.63, 3.8) is 0 Å². The molecule has 21 heavy (non-hydrogen) atoms. The molecular weight excluding hydrogens is 260 g/mol. The molecule has 0 saturated carbocycles. The maximum atomic E-state index is 4.92. The summed E-state index contributed by atoms with van der Waals surface area (Å²) in [5.74, 6) is 3.79. The van der Waals surface area contributed by atoms with Crippen LogP contribution in [0, 0.1) is 12.8 Å². The molecule has 118 valence electrons. The van der Waals surface area contributed by atoms with Crippen LogP contribution < -0.4 is 10.2 Å². The molecule has 0 spiro atoms. The number of piperidine rings is 1. The van der Waals surface area contributed by atoms with E-state index in [-0.39, 0.29) is 5.41 Å². The number of aromatic nitrogens is 2. The Bertz CT molecular complexity index is 490. The van der Waals surface area contributed by atoms with E-state index in [1.54, 1.807) is 0 Å². The highest BCUT2D eigenvalue weighted by Gasteiger charge is 2.25. The molecular formula is C17H30N4. The number of nitrogens with one attached hydrogen (secondary N) is 1. The van der Waals surface area contributed by atoms with Crippen LogP contribution in [0.2, 0.25) is 0 Å². The molecule has 0 aliphatic carbocycles. The van der Waals surface area contributed by atoms with Crippen LogP contribution in [0.3, 0.4) is 0 Å². The van der Waals surface area contributed by atoms with Crippen molar-refractivity contribution in [3.05, 3.63) is 11.4 Å². The number of hydrogen-bond acceptors (Lipinski definition) is 4. The van der Waals surface area contributed by atoms with E-state index in [2.05, 4.69) is 51.8 Å². The van der Waals surface area contributed by atoms with Crippen molar-refractivity contribution in [2.24, 2.45) is 5.92 Å². The summed E-state index contributed by atoms with van der Waals surface area (Å²) < 4.78 is 0. The summed E-state index contributed by atoms with van der Waals surface area (Å²) in [5, 5.41) is 3.40. The first kappa shape index (κ1) is 16.1. The zero-order chi connectivity index (χ0) is 15.6. The highest BCUT2D eigenvalue weighted by Crippen LogP contribution is 2.30. The fraction of sp³-hybridized carbons (Fsp3) is 0.765. The quantitative estimate of drug-likeness (QED) is 0.920. The van der Waals surface area contributed by atoms with E-state index in [0.717, 1.165) is 43.0 Å². The zero-order valence-electron chi connectivity index (χ0n) is 14.5. The highest BCUT2D eigenvalue weighted by molar-refractivity contribution is 5.59. The molecule has 0 amide bonds. The van der Waals surface area contributed by atoms with Crippen molar-refractivity contribution < 1.29 is 0 Å². The summed E-state index contributed by atoms with van der Waals surface area (Å²) in [6.45, 7) is 16.2. The molecule has 0 bridgehead atoms. The summed E-state index contributed by atoms with van der Waals surface area (Å²) in [5.41, 5.74) is 1.15. The summed E-state index contributed by atoms with van der Waals surface area (Å²) in [7, 11) is 0. The molecule has 0 radical (unpaired) electrons. The number of hydrogen-bond donors (Lipinski definition) is 1. The minimum atomic E-state index is -0.0337. The van der Waals surface area contributed by atoms with Gasteiger partial charge in [0.1, 0.15) is 17.5 Å². The van der Waals surface area contributed by atoms with Crippen molar-refractivity contribution in [3.8, 4) is 0 Å². The largest absolute Gasteiger partial charge is 0.370 e. The lowest BCUT2D eigenvalue weighted by molar-refractivity contribution is 0.442. The molecule has 1 aliphatic heterocycles. The predicted octanol–water partition coefficient (Wildman–Crippen LogP) is 3.75. The Hall–Kier alpha value is -1.32. The molecule has 1 fully saturated rings. The van der Waals surface area contributed by atoms with E-state index >= 15 is 0 Å². The number of nitrogens with zero attached hydrogens (tertiary/aromatic N) is 3. The van der Waals surface area contributed by atoms with Gasteiger partial charge in [0.25, 0.3) is 0 Å². The minimum absolute atomic E-state index is 0.0337. The topological polar surface area (TPSA) is 41.1 Å². The van der Waals surface area contributed by atoms with Gasteiger partial charge in [-0.15, -0.1) is 0 Å². The molecule has 1 atom stereocenters. The van der Waals surface area contributed by atoms with E-state index in [9.17, 15) is 0 Å². The molecule has 2 heterocycles. The van der Waals surface area contributed by atoms with Gasteiger partial charge in [-0.25, -0.2) is 9.97 Å². The van der Waals surface area contributed by atoms with Gasteiger partial charge in [-0.1, -0.05) is 27.7 Å². The van der Waals surface area contributed by atoms with Crippen molar-refractivity contribution in [2.45, 2.75) is 59.8 Å². The van der Waals surface area contributed by atoms with Gasteiger partial charge in [-0.3, -0.25) is 0 Å². The van der Waals surface area contributed by atoms with E-state index in [4.69, 9.17) is 9.97 Å². The van der Waals surface area contributed by atoms with Gasteiger partial charge < -0.3 is 10.2 Å². The van der Waals surface area contributed by atoms with E-state index in [0.29, 0.717) is 0 Å². The standard InChI is InChI=1S/C17H30N4/c1-7-18-14-13(3)15(20-16(19-14)17(4,5)6)21-10-8-9-12(2)11-21/h12H,7-11H2,1-6H3,(H,18,19,20). The normalized spacial score (nSPS) is 19.7. The van der Waals surface area contributed by atoms with Crippen LogP contribution in [0.25, 0.3) is 0 Å². The van der Waals surface area contributed by atoms with Crippen molar-refractivity contribution >= 4 is 11.6 Å². The minimum Gasteiger partial charge on any atom is -0.370 e. The Balaban J connectivity index is 2.45. The van der Waals surface area contributed by atoms with Crippen LogP contribution in [0.5, 0.6) is 0 Å². The predicted molar refractivity (Wildman–Crippen MR) is 90.2 cm³/mol. The van der Waals surface area contributed by atoms with Crippen molar-refractivity contribution in [1.29, 1.82) is 0 Å². The van der Waals surface area contributed by atoms with Gasteiger partial charge >= 0.3 is 0 Å². The maximum absolute atomic E-state index is 4.92. The van der Waals surface area contributed by atoms with Crippen LogP contribution in [0.1, 0.15) is 58.8 Å². The second-order valence-electron chi connectivity index (χ2n) is 7.32. The Labute approximate surface area is 129 Å². The Morgan fingerprint density at radius 2 is 2.00 bits per heavy atom. The van der Waals surface area contributed by atoms with Gasteiger partial charge in [0.15, 0.2) is 0 Å². The molecule has 1 unspecified atom stereocenters. The van der Waals surface area contributed by atoms with Gasteiger partial charge in [0, 0.05) is 30.6 Å². The summed E-state index contributed by atoms with van der Waals surface area (Å²) in [6, 6.07) is 0. The van der Waals surface area contributed by atoms with Crippen LogP contribution in [-0.4, -0.2) is 29.6 Å². The molecule has 4 heteroatoms. The Morgan fingerprint density at radius 3 is 2.57 bits per heavy atom. The monoisotopic (exact) mass is 290 g/mol. The Kier molecular flexibility index (Phi) is 4.74. The molecule has 1 aromatic heterocycles. The maximum Gasteiger partial charge on any atom is 0.138 e. The third-order valence-corrected chi connectivity index (χ3v) is 4.09.